The van der Waals surface area contributed by atoms with Crippen molar-refractivity contribution in [2.75, 3.05) is 13.1 Å². The Balaban J connectivity index is 1.93. The molecule has 3 atom stereocenters. The van der Waals surface area contributed by atoms with E-state index in [1.165, 1.54) is 19.5 Å². The third kappa shape index (κ3) is 0.700. The van der Waals surface area contributed by atoms with Gasteiger partial charge in [0.15, 0.2) is 0 Å². The number of hydrogen-bond donors (Lipinski definition) is 2. The molecule has 2 heteroatoms. The number of hydrogen-bond acceptors (Lipinski definition) is 2. The minimum Gasteiger partial charge on any atom is -0.315 e. The third-order valence-corrected chi connectivity index (χ3v) is 2.65. The van der Waals surface area contributed by atoms with Crippen molar-refractivity contribution >= 4 is 0 Å². The van der Waals surface area contributed by atoms with Crippen LogP contribution in [0.2, 0.25) is 0 Å². The highest BCUT2D eigenvalue weighted by Gasteiger charge is 2.41. The van der Waals surface area contributed by atoms with E-state index >= 15 is 0 Å². The van der Waals surface area contributed by atoms with Crippen molar-refractivity contribution in [2.45, 2.75) is 25.4 Å². The van der Waals surface area contributed by atoms with Crippen LogP contribution in [0.1, 0.15) is 13.3 Å². The molecule has 0 radical (unpaired) electrons. The molecule has 2 heterocycles. The van der Waals surface area contributed by atoms with Gasteiger partial charge in [0.1, 0.15) is 0 Å². The SMILES string of the molecule is CCC1NC2CNCC12. The molecule has 0 saturated carbocycles. The van der Waals surface area contributed by atoms with Gasteiger partial charge < -0.3 is 10.6 Å². The second kappa shape index (κ2) is 1.96. The van der Waals surface area contributed by atoms with Crippen molar-refractivity contribution in [3.05, 3.63) is 0 Å². The molecule has 2 aliphatic heterocycles. The predicted octanol–water partition coefficient (Wildman–Crippen LogP) is -0.0438. The fourth-order valence-electron chi connectivity index (χ4n) is 2.00. The first-order valence-electron chi connectivity index (χ1n) is 3.88. The lowest BCUT2D eigenvalue weighted by molar-refractivity contribution is 0.187. The molecule has 0 bridgehead atoms. The molecule has 2 fully saturated rings. The van der Waals surface area contributed by atoms with E-state index in [0.717, 1.165) is 18.0 Å². The molecule has 0 amide bonds. The van der Waals surface area contributed by atoms with Crippen molar-refractivity contribution in [3.63, 3.8) is 0 Å². The summed E-state index contributed by atoms with van der Waals surface area (Å²) in [6.45, 7) is 4.70. The quantitative estimate of drug-likeness (QED) is 0.515. The van der Waals surface area contributed by atoms with Gasteiger partial charge in [0.2, 0.25) is 0 Å². The van der Waals surface area contributed by atoms with E-state index < -0.39 is 0 Å². The Morgan fingerprint density at radius 2 is 2.33 bits per heavy atom. The molecule has 52 valence electrons. The minimum atomic E-state index is 0.815. The largest absolute Gasteiger partial charge is 0.315 e. The van der Waals surface area contributed by atoms with Gasteiger partial charge >= 0.3 is 0 Å². The number of rotatable bonds is 1. The summed E-state index contributed by atoms with van der Waals surface area (Å²) in [7, 11) is 0. The molecule has 0 spiro atoms. The fourth-order valence-corrected chi connectivity index (χ4v) is 2.00. The van der Waals surface area contributed by atoms with Gasteiger partial charge in [-0.1, -0.05) is 6.92 Å². The van der Waals surface area contributed by atoms with Crippen molar-refractivity contribution in [1.29, 1.82) is 0 Å². The predicted molar refractivity (Wildman–Crippen MR) is 37.4 cm³/mol. The Bertz CT molecular complexity index is 113. The van der Waals surface area contributed by atoms with Crippen LogP contribution in [-0.2, 0) is 0 Å². The lowest BCUT2D eigenvalue weighted by Crippen LogP contribution is -2.60. The minimum absolute atomic E-state index is 0.815. The van der Waals surface area contributed by atoms with Crippen LogP contribution in [0.5, 0.6) is 0 Å². The van der Waals surface area contributed by atoms with Gasteiger partial charge in [-0.05, 0) is 6.42 Å². The monoisotopic (exact) mass is 126 g/mol. The molecule has 0 aromatic heterocycles. The Kier molecular flexibility index (Phi) is 1.24. The highest BCUT2D eigenvalue weighted by Crippen LogP contribution is 2.25. The van der Waals surface area contributed by atoms with E-state index in [0.29, 0.717) is 0 Å². The number of nitrogens with one attached hydrogen (secondary N) is 2. The van der Waals surface area contributed by atoms with Crippen molar-refractivity contribution in [3.8, 4) is 0 Å². The van der Waals surface area contributed by atoms with Crippen LogP contribution in [0, 0.1) is 5.92 Å². The molecular weight excluding hydrogens is 112 g/mol. The first kappa shape index (κ1) is 5.69. The van der Waals surface area contributed by atoms with Gasteiger partial charge in [-0.2, -0.15) is 0 Å². The Labute approximate surface area is 56.0 Å². The molecule has 2 saturated heterocycles. The van der Waals surface area contributed by atoms with Crippen molar-refractivity contribution in [2.24, 2.45) is 5.92 Å². The average molecular weight is 126 g/mol. The maximum atomic E-state index is 3.53. The van der Waals surface area contributed by atoms with Gasteiger partial charge in [-0.3, -0.25) is 0 Å². The Hall–Kier alpha value is -0.0800. The zero-order valence-electron chi connectivity index (χ0n) is 5.85. The topological polar surface area (TPSA) is 24.1 Å². The van der Waals surface area contributed by atoms with Crippen molar-refractivity contribution < 1.29 is 0 Å². The second-order valence-electron chi connectivity index (χ2n) is 3.11. The highest BCUT2D eigenvalue weighted by molar-refractivity contribution is 5.02. The van der Waals surface area contributed by atoms with Gasteiger partial charge in [-0.25, -0.2) is 0 Å². The Morgan fingerprint density at radius 3 is 3.00 bits per heavy atom. The van der Waals surface area contributed by atoms with Crippen molar-refractivity contribution in [1.82, 2.24) is 10.6 Å². The van der Waals surface area contributed by atoms with Crippen LogP contribution >= 0.6 is 0 Å². The molecule has 0 aromatic carbocycles. The highest BCUT2D eigenvalue weighted by atomic mass is 15.1. The first-order chi connectivity index (χ1) is 4.42. The summed E-state index contributed by atoms with van der Waals surface area (Å²) in [6.07, 6.45) is 1.29. The summed E-state index contributed by atoms with van der Waals surface area (Å²) in [5, 5.41) is 6.92. The van der Waals surface area contributed by atoms with Crippen LogP contribution in [0.25, 0.3) is 0 Å². The molecule has 0 aromatic rings. The van der Waals surface area contributed by atoms with Crippen LogP contribution in [0.3, 0.4) is 0 Å². The molecular formula is C7H14N2. The zero-order chi connectivity index (χ0) is 6.27. The van der Waals surface area contributed by atoms with Crippen LogP contribution in [-0.4, -0.2) is 25.2 Å². The van der Waals surface area contributed by atoms with Gasteiger partial charge in [0.05, 0.1) is 0 Å². The average Bonchev–Trinajstić information content (AvgIpc) is 2.14. The van der Waals surface area contributed by atoms with E-state index in [9.17, 15) is 0 Å². The van der Waals surface area contributed by atoms with Crippen LogP contribution < -0.4 is 10.6 Å². The maximum Gasteiger partial charge on any atom is 0.0250 e. The molecule has 0 aliphatic carbocycles. The van der Waals surface area contributed by atoms with Crippen LogP contribution in [0.4, 0.5) is 0 Å². The Morgan fingerprint density at radius 1 is 1.44 bits per heavy atom. The summed E-state index contributed by atoms with van der Waals surface area (Å²) < 4.78 is 0. The molecule has 2 rings (SSSR count). The lowest BCUT2D eigenvalue weighted by Gasteiger charge is -2.40. The summed E-state index contributed by atoms with van der Waals surface area (Å²) in [6, 6.07) is 1.64. The van der Waals surface area contributed by atoms with E-state index in [1.807, 2.05) is 0 Å². The summed E-state index contributed by atoms with van der Waals surface area (Å²) in [5.41, 5.74) is 0. The van der Waals surface area contributed by atoms with E-state index in [-0.39, 0.29) is 0 Å². The van der Waals surface area contributed by atoms with Crippen LogP contribution in [0.15, 0.2) is 0 Å². The third-order valence-electron chi connectivity index (χ3n) is 2.65. The second-order valence-corrected chi connectivity index (χ2v) is 3.11. The van der Waals surface area contributed by atoms with E-state index in [1.54, 1.807) is 0 Å². The molecule has 2 N–H and O–H groups in total. The maximum absolute atomic E-state index is 3.53. The fraction of sp³-hybridized carbons (Fsp3) is 1.00. The van der Waals surface area contributed by atoms with Gasteiger partial charge in [0.25, 0.3) is 0 Å². The summed E-state index contributed by atoms with van der Waals surface area (Å²) in [4.78, 5) is 0. The molecule has 2 nitrogen and oxygen atoms in total. The summed E-state index contributed by atoms with van der Waals surface area (Å²) in [5.74, 6) is 0.954. The van der Waals surface area contributed by atoms with E-state index in [4.69, 9.17) is 0 Å². The summed E-state index contributed by atoms with van der Waals surface area (Å²) >= 11 is 0. The molecule has 3 unspecified atom stereocenters. The van der Waals surface area contributed by atoms with E-state index in [2.05, 4.69) is 17.6 Å². The molecule has 2 aliphatic rings. The van der Waals surface area contributed by atoms with Gasteiger partial charge in [0, 0.05) is 31.1 Å². The lowest BCUT2D eigenvalue weighted by atomic mass is 9.84. The zero-order valence-corrected chi connectivity index (χ0v) is 5.85. The standard InChI is InChI=1S/C7H14N2/c1-2-6-5-3-8-4-7(5)9-6/h5-9H,2-4H2,1H3. The molecule has 9 heavy (non-hydrogen) atoms. The number of fused-ring (bicyclic) bond motifs is 1. The normalized spacial score (nSPS) is 48.3. The van der Waals surface area contributed by atoms with Gasteiger partial charge in [-0.15, -0.1) is 0 Å². The first-order valence-corrected chi connectivity index (χ1v) is 3.88. The smallest absolute Gasteiger partial charge is 0.0250 e.